The lowest BCUT2D eigenvalue weighted by atomic mass is 9.87. The van der Waals surface area contributed by atoms with Crippen molar-refractivity contribution < 1.29 is 8.42 Å². The van der Waals surface area contributed by atoms with Crippen molar-refractivity contribution in [3.8, 4) is 0 Å². The maximum atomic E-state index is 11.4. The van der Waals surface area contributed by atoms with Gasteiger partial charge in [-0.1, -0.05) is 6.92 Å². The summed E-state index contributed by atoms with van der Waals surface area (Å²) in [4.78, 5) is 0. The summed E-state index contributed by atoms with van der Waals surface area (Å²) in [6.07, 6.45) is 0.631. The molecule has 2 heterocycles. The molecule has 1 aromatic rings. The largest absolute Gasteiger partial charge is 0.384 e. The fourth-order valence-corrected chi connectivity index (χ4v) is 4.16. The van der Waals surface area contributed by atoms with Crippen LogP contribution in [0.15, 0.2) is 6.07 Å². The number of hydrogen-bond donors (Lipinski definition) is 1. The summed E-state index contributed by atoms with van der Waals surface area (Å²) in [5, 5.41) is 4.26. The van der Waals surface area contributed by atoms with Gasteiger partial charge in [-0.05, 0) is 6.42 Å². The molecule has 1 fully saturated rings. The normalized spacial score (nSPS) is 29.5. The molecule has 6 heteroatoms. The lowest BCUT2D eigenvalue weighted by Crippen LogP contribution is -2.24. The Balaban J connectivity index is 2.39. The van der Waals surface area contributed by atoms with Gasteiger partial charge in [-0.25, -0.2) is 8.42 Å². The van der Waals surface area contributed by atoms with E-state index in [-0.39, 0.29) is 16.9 Å². The summed E-state index contributed by atoms with van der Waals surface area (Å²) in [5.74, 6) is 0.992. The maximum absolute atomic E-state index is 11.4. The van der Waals surface area contributed by atoms with E-state index in [0.29, 0.717) is 12.2 Å². The van der Waals surface area contributed by atoms with Crippen molar-refractivity contribution in [2.75, 3.05) is 17.2 Å². The Morgan fingerprint density at radius 2 is 2.27 bits per heavy atom. The van der Waals surface area contributed by atoms with E-state index in [1.54, 1.807) is 17.8 Å². The summed E-state index contributed by atoms with van der Waals surface area (Å²) in [6.45, 7) is 1.93. The molecule has 1 unspecified atom stereocenters. The molecule has 1 atom stereocenters. The average Bonchev–Trinajstić information content (AvgIpc) is 2.57. The third kappa shape index (κ3) is 1.73. The third-order valence-electron chi connectivity index (χ3n) is 3.04. The van der Waals surface area contributed by atoms with Crippen molar-refractivity contribution in [3.05, 3.63) is 11.8 Å². The van der Waals surface area contributed by atoms with Crippen LogP contribution < -0.4 is 5.73 Å². The molecule has 84 valence electrons. The fourth-order valence-electron chi connectivity index (χ4n) is 1.99. The van der Waals surface area contributed by atoms with Crippen molar-refractivity contribution in [2.45, 2.75) is 18.8 Å². The molecule has 15 heavy (non-hydrogen) atoms. The lowest BCUT2D eigenvalue weighted by molar-refractivity contribution is 0.510. The molecular formula is C9H15N3O2S. The Kier molecular flexibility index (Phi) is 2.08. The minimum absolute atomic E-state index is 0.177. The van der Waals surface area contributed by atoms with Crippen LogP contribution in [0.1, 0.15) is 19.0 Å². The van der Waals surface area contributed by atoms with E-state index in [2.05, 4.69) is 5.10 Å². The van der Waals surface area contributed by atoms with Gasteiger partial charge in [0.15, 0.2) is 9.84 Å². The van der Waals surface area contributed by atoms with Gasteiger partial charge >= 0.3 is 0 Å². The smallest absolute Gasteiger partial charge is 0.151 e. The predicted molar refractivity (Wildman–Crippen MR) is 58.2 cm³/mol. The van der Waals surface area contributed by atoms with E-state index in [1.165, 1.54) is 0 Å². The highest BCUT2D eigenvalue weighted by Crippen LogP contribution is 2.35. The van der Waals surface area contributed by atoms with Crippen LogP contribution in [-0.2, 0) is 22.3 Å². The van der Waals surface area contributed by atoms with Gasteiger partial charge in [0, 0.05) is 18.5 Å². The highest BCUT2D eigenvalue weighted by Gasteiger charge is 2.41. The highest BCUT2D eigenvalue weighted by atomic mass is 32.2. The van der Waals surface area contributed by atoms with E-state index in [0.717, 1.165) is 5.69 Å². The molecule has 0 bridgehead atoms. The Bertz CT molecular complexity index is 472. The summed E-state index contributed by atoms with van der Waals surface area (Å²) in [7, 11) is -1.14. The van der Waals surface area contributed by atoms with Crippen molar-refractivity contribution in [3.63, 3.8) is 0 Å². The first-order valence-electron chi connectivity index (χ1n) is 4.83. The zero-order chi connectivity index (χ0) is 11.3. The molecule has 0 amide bonds. The second-order valence-corrected chi connectivity index (χ2v) is 6.66. The molecule has 1 saturated heterocycles. The van der Waals surface area contributed by atoms with Gasteiger partial charge in [0.1, 0.15) is 5.82 Å². The summed E-state index contributed by atoms with van der Waals surface area (Å²) < 4.78 is 24.5. The number of nitrogens with two attached hydrogens (primary N) is 1. The molecule has 0 aromatic carbocycles. The number of hydrogen-bond acceptors (Lipinski definition) is 4. The molecule has 0 radical (unpaired) electrons. The number of rotatable bonds is 1. The Morgan fingerprint density at radius 3 is 2.67 bits per heavy atom. The van der Waals surface area contributed by atoms with Crippen LogP contribution in [-0.4, -0.2) is 29.7 Å². The van der Waals surface area contributed by atoms with E-state index in [4.69, 9.17) is 5.73 Å². The van der Waals surface area contributed by atoms with Crippen LogP contribution in [0.2, 0.25) is 0 Å². The van der Waals surface area contributed by atoms with Crippen molar-refractivity contribution in [2.24, 2.45) is 7.05 Å². The number of aryl methyl sites for hydroxylation is 1. The molecule has 0 saturated carbocycles. The maximum Gasteiger partial charge on any atom is 0.151 e. The molecule has 0 aliphatic carbocycles. The van der Waals surface area contributed by atoms with Crippen molar-refractivity contribution in [1.82, 2.24) is 9.78 Å². The summed E-state index contributed by atoms with van der Waals surface area (Å²) >= 11 is 0. The zero-order valence-electron chi connectivity index (χ0n) is 8.90. The third-order valence-corrected chi connectivity index (χ3v) is 4.94. The monoisotopic (exact) mass is 229 g/mol. The summed E-state index contributed by atoms with van der Waals surface area (Å²) in [6, 6.07) is 1.76. The van der Waals surface area contributed by atoms with E-state index < -0.39 is 9.84 Å². The first-order chi connectivity index (χ1) is 6.82. The quantitative estimate of drug-likeness (QED) is 0.739. The van der Waals surface area contributed by atoms with Crippen LogP contribution >= 0.6 is 0 Å². The minimum Gasteiger partial charge on any atom is -0.384 e. The van der Waals surface area contributed by atoms with Gasteiger partial charge in [0.05, 0.1) is 17.2 Å². The van der Waals surface area contributed by atoms with E-state index >= 15 is 0 Å². The Labute approximate surface area is 89.2 Å². The van der Waals surface area contributed by atoms with E-state index in [9.17, 15) is 8.42 Å². The molecule has 0 spiro atoms. The Morgan fingerprint density at radius 1 is 1.60 bits per heavy atom. The van der Waals surface area contributed by atoms with Crippen LogP contribution in [0.3, 0.4) is 0 Å². The Hall–Kier alpha value is -1.04. The topological polar surface area (TPSA) is 78.0 Å². The number of nitrogens with zero attached hydrogens (tertiary/aromatic N) is 2. The molecular weight excluding hydrogens is 214 g/mol. The minimum atomic E-state index is -2.90. The zero-order valence-corrected chi connectivity index (χ0v) is 9.71. The highest BCUT2D eigenvalue weighted by molar-refractivity contribution is 7.91. The second-order valence-electron chi connectivity index (χ2n) is 4.48. The van der Waals surface area contributed by atoms with Gasteiger partial charge in [-0.15, -0.1) is 0 Å². The van der Waals surface area contributed by atoms with Crippen molar-refractivity contribution in [1.29, 1.82) is 0 Å². The number of nitrogen functional groups attached to an aromatic ring is 1. The molecule has 1 aliphatic rings. The van der Waals surface area contributed by atoms with Crippen LogP contribution in [0.25, 0.3) is 0 Å². The van der Waals surface area contributed by atoms with Crippen LogP contribution in [0.5, 0.6) is 0 Å². The van der Waals surface area contributed by atoms with E-state index in [1.807, 2.05) is 6.92 Å². The van der Waals surface area contributed by atoms with Crippen LogP contribution in [0.4, 0.5) is 5.82 Å². The SMILES string of the molecule is Cn1nc(C2(C)CCS(=O)(=O)C2)cc1N. The first kappa shape index (κ1) is 10.5. The van der Waals surface area contributed by atoms with Crippen LogP contribution in [0, 0.1) is 0 Å². The fraction of sp³-hybridized carbons (Fsp3) is 0.667. The summed E-state index contributed by atoms with van der Waals surface area (Å²) in [5.41, 5.74) is 6.10. The first-order valence-corrected chi connectivity index (χ1v) is 6.65. The molecule has 1 aliphatic heterocycles. The van der Waals surface area contributed by atoms with Gasteiger partial charge in [0.2, 0.25) is 0 Å². The lowest BCUT2D eigenvalue weighted by Gasteiger charge is -2.18. The second kappa shape index (κ2) is 2.98. The van der Waals surface area contributed by atoms with Gasteiger partial charge < -0.3 is 5.73 Å². The molecule has 5 nitrogen and oxygen atoms in total. The van der Waals surface area contributed by atoms with Gasteiger partial charge in [-0.3, -0.25) is 4.68 Å². The van der Waals surface area contributed by atoms with Gasteiger partial charge in [0.25, 0.3) is 0 Å². The standard InChI is InChI=1S/C9H15N3O2S/c1-9(3-4-15(13,14)6-9)7-5-8(10)12(2)11-7/h5H,3-4,6,10H2,1-2H3. The van der Waals surface area contributed by atoms with Gasteiger partial charge in [-0.2, -0.15) is 5.10 Å². The molecule has 2 N–H and O–H groups in total. The number of aromatic nitrogens is 2. The average molecular weight is 229 g/mol. The van der Waals surface area contributed by atoms with Crippen molar-refractivity contribution >= 4 is 15.7 Å². The predicted octanol–water partition coefficient (Wildman–Crippen LogP) is 0.0785. The number of anilines is 1. The molecule has 2 rings (SSSR count). The molecule has 1 aromatic heterocycles. The number of sulfone groups is 1.